The maximum absolute atomic E-state index is 5.89. The van der Waals surface area contributed by atoms with Gasteiger partial charge in [0.25, 0.3) is 0 Å². The van der Waals surface area contributed by atoms with Crippen LogP contribution in [0.5, 0.6) is 0 Å². The third-order valence-electron chi connectivity index (χ3n) is 2.84. The SMILES string of the molecule is C=Cc1ccc(-c2nc(C(Cl)(Cl)Cl)nc(C(Cl)(Cl)Cl)n2)c(SC)c1. The first-order chi connectivity index (χ1) is 11.1. The molecule has 0 aliphatic heterocycles. The number of benzene rings is 1. The van der Waals surface area contributed by atoms with E-state index in [2.05, 4.69) is 21.5 Å². The molecule has 24 heavy (non-hydrogen) atoms. The fourth-order valence-electron chi connectivity index (χ4n) is 1.77. The van der Waals surface area contributed by atoms with Crippen LogP contribution in [-0.4, -0.2) is 21.2 Å². The molecule has 0 atom stereocenters. The van der Waals surface area contributed by atoms with Gasteiger partial charge in [0, 0.05) is 10.5 Å². The summed E-state index contributed by atoms with van der Waals surface area (Å²) >= 11 is 36.9. The minimum Gasteiger partial charge on any atom is -0.209 e. The lowest BCUT2D eigenvalue weighted by atomic mass is 10.1. The smallest absolute Gasteiger partial charge is 0.209 e. The highest BCUT2D eigenvalue weighted by molar-refractivity contribution is 7.98. The van der Waals surface area contributed by atoms with Gasteiger partial charge in [-0.1, -0.05) is 88.3 Å². The van der Waals surface area contributed by atoms with Crippen LogP contribution >= 0.6 is 81.4 Å². The van der Waals surface area contributed by atoms with Gasteiger partial charge in [0.1, 0.15) is 0 Å². The first-order valence-corrected chi connectivity index (χ1v) is 9.77. The molecule has 0 aliphatic carbocycles. The fourth-order valence-corrected chi connectivity index (χ4v) is 2.91. The van der Waals surface area contributed by atoms with Crippen LogP contribution in [-0.2, 0) is 7.59 Å². The Morgan fingerprint density at radius 3 is 1.92 bits per heavy atom. The number of halogens is 6. The summed E-state index contributed by atoms with van der Waals surface area (Å²) in [4.78, 5) is 13.3. The number of nitrogens with zero attached hydrogens (tertiary/aromatic N) is 3. The second kappa shape index (κ2) is 7.75. The van der Waals surface area contributed by atoms with Crippen molar-refractivity contribution in [2.75, 3.05) is 6.26 Å². The van der Waals surface area contributed by atoms with Crippen molar-refractivity contribution < 1.29 is 0 Å². The Morgan fingerprint density at radius 2 is 1.50 bits per heavy atom. The summed E-state index contributed by atoms with van der Waals surface area (Å²) in [7, 11) is 0. The number of alkyl halides is 6. The van der Waals surface area contributed by atoms with Gasteiger partial charge in [-0.05, 0) is 24.0 Å². The Labute approximate surface area is 173 Å². The van der Waals surface area contributed by atoms with E-state index in [1.807, 2.05) is 24.5 Å². The molecule has 2 aromatic rings. The Bertz CT molecular complexity index is 738. The second-order valence-electron chi connectivity index (χ2n) is 4.47. The molecular weight excluding hydrogens is 455 g/mol. The minimum absolute atomic E-state index is 0.126. The van der Waals surface area contributed by atoms with Crippen LogP contribution in [0.2, 0.25) is 0 Å². The summed E-state index contributed by atoms with van der Waals surface area (Å²) in [6, 6.07) is 5.61. The van der Waals surface area contributed by atoms with Crippen LogP contribution in [0.3, 0.4) is 0 Å². The van der Waals surface area contributed by atoms with Gasteiger partial charge < -0.3 is 0 Å². The molecule has 0 saturated heterocycles. The molecule has 0 unspecified atom stereocenters. The van der Waals surface area contributed by atoms with Crippen molar-refractivity contribution in [3.05, 3.63) is 42.0 Å². The lowest BCUT2D eigenvalue weighted by molar-refractivity contribution is 0.849. The lowest BCUT2D eigenvalue weighted by Gasteiger charge is -2.16. The van der Waals surface area contributed by atoms with Crippen molar-refractivity contribution in [1.29, 1.82) is 0 Å². The van der Waals surface area contributed by atoms with Crippen molar-refractivity contribution in [2.24, 2.45) is 0 Å². The zero-order valence-electron chi connectivity index (χ0n) is 12.0. The van der Waals surface area contributed by atoms with Crippen LogP contribution in [0.1, 0.15) is 17.2 Å². The highest BCUT2D eigenvalue weighted by Crippen LogP contribution is 2.41. The summed E-state index contributed by atoms with van der Waals surface area (Å²) in [6.45, 7) is 3.75. The van der Waals surface area contributed by atoms with Gasteiger partial charge in [0.2, 0.25) is 7.59 Å². The summed E-state index contributed by atoms with van der Waals surface area (Å²) in [5, 5.41) is 0. The Morgan fingerprint density at radius 1 is 0.958 bits per heavy atom. The molecule has 1 aromatic heterocycles. The molecule has 3 nitrogen and oxygen atoms in total. The van der Waals surface area contributed by atoms with Gasteiger partial charge in [-0.25, -0.2) is 15.0 Å². The monoisotopic (exact) mass is 461 g/mol. The van der Waals surface area contributed by atoms with Crippen molar-refractivity contribution in [2.45, 2.75) is 12.5 Å². The number of hydrogen-bond donors (Lipinski definition) is 0. The van der Waals surface area contributed by atoms with Gasteiger partial charge in [0.15, 0.2) is 17.5 Å². The molecule has 1 aromatic carbocycles. The third kappa shape index (κ3) is 4.82. The molecule has 128 valence electrons. The van der Waals surface area contributed by atoms with Gasteiger partial charge in [-0.15, -0.1) is 11.8 Å². The Hall–Kier alpha value is 0.0600. The van der Waals surface area contributed by atoms with Gasteiger partial charge in [-0.3, -0.25) is 0 Å². The number of hydrogen-bond acceptors (Lipinski definition) is 4. The average molecular weight is 464 g/mol. The molecule has 0 N–H and O–H groups in total. The topological polar surface area (TPSA) is 38.7 Å². The van der Waals surface area contributed by atoms with E-state index in [9.17, 15) is 0 Å². The molecule has 0 radical (unpaired) electrons. The standard InChI is InChI=1S/C14H9Cl6N3S/c1-3-7-4-5-8(9(6-7)24-2)10-21-11(13(15,16)17)23-12(22-10)14(18,19)20/h3-6H,1H2,2H3. The van der Waals surface area contributed by atoms with E-state index in [0.717, 1.165) is 10.5 Å². The molecule has 1 heterocycles. The normalized spacial score (nSPS) is 12.3. The van der Waals surface area contributed by atoms with E-state index in [1.165, 1.54) is 11.8 Å². The highest BCUT2D eigenvalue weighted by atomic mass is 35.6. The summed E-state index contributed by atoms with van der Waals surface area (Å²) in [5.74, 6) is -0.00929. The van der Waals surface area contributed by atoms with Gasteiger partial charge in [0.05, 0.1) is 0 Å². The highest BCUT2D eigenvalue weighted by Gasteiger charge is 2.34. The molecule has 2 rings (SSSR count). The van der Waals surface area contributed by atoms with E-state index in [-0.39, 0.29) is 17.5 Å². The molecule has 0 saturated carbocycles. The molecule has 0 spiro atoms. The van der Waals surface area contributed by atoms with Crippen LogP contribution in [0, 0.1) is 0 Å². The molecular formula is C14H9Cl6N3S. The fraction of sp³-hybridized carbons (Fsp3) is 0.214. The van der Waals surface area contributed by atoms with Gasteiger partial charge >= 0.3 is 0 Å². The third-order valence-corrected chi connectivity index (χ3v) is 4.64. The van der Waals surface area contributed by atoms with E-state index in [0.29, 0.717) is 5.56 Å². The largest absolute Gasteiger partial charge is 0.250 e. The number of thioether (sulfide) groups is 1. The maximum Gasteiger partial charge on any atom is 0.250 e. The van der Waals surface area contributed by atoms with Gasteiger partial charge in [-0.2, -0.15) is 0 Å². The predicted octanol–water partition coefficient (Wildman–Crippen LogP) is 6.56. The van der Waals surface area contributed by atoms with Crippen LogP contribution < -0.4 is 0 Å². The molecule has 0 bridgehead atoms. The Balaban J connectivity index is 2.72. The molecule has 10 heteroatoms. The average Bonchev–Trinajstić information content (AvgIpc) is 2.52. The summed E-state index contributed by atoms with van der Waals surface area (Å²) in [5.41, 5.74) is 1.64. The first-order valence-electron chi connectivity index (χ1n) is 6.27. The zero-order valence-corrected chi connectivity index (χ0v) is 17.4. The predicted molar refractivity (Wildman–Crippen MR) is 106 cm³/mol. The number of aromatic nitrogens is 3. The van der Waals surface area contributed by atoms with E-state index in [1.54, 1.807) is 6.08 Å². The van der Waals surface area contributed by atoms with Crippen LogP contribution in [0.4, 0.5) is 0 Å². The van der Waals surface area contributed by atoms with E-state index < -0.39 is 7.59 Å². The second-order valence-corrected chi connectivity index (χ2v) is 9.88. The Kier molecular flexibility index (Phi) is 6.58. The first kappa shape index (κ1) is 20.4. The molecule has 0 amide bonds. The maximum atomic E-state index is 5.89. The lowest BCUT2D eigenvalue weighted by Crippen LogP contribution is -2.17. The van der Waals surface area contributed by atoms with Crippen LogP contribution in [0.25, 0.3) is 17.5 Å². The number of rotatable bonds is 3. The van der Waals surface area contributed by atoms with Crippen molar-refractivity contribution in [3.63, 3.8) is 0 Å². The minimum atomic E-state index is -1.89. The quantitative estimate of drug-likeness (QED) is 0.381. The van der Waals surface area contributed by atoms with Crippen LogP contribution in [0.15, 0.2) is 29.7 Å². The van der Waals surface area contributed by atoms with E-state index in [4.69, 9.17) is 69.6 Å². The molecule has 0 fully saturated rings. The zero-order chi connectivity index (χ0) is 18.1. The van der Waals surface area contributed by atoms with Crippen molar-refractivity contribution in [1.82, 2.24) is 15.0 Å². The van der Waals surface area contributed by atoms with Crippen molar-refractivity contribution in [3.8, 4) is 11.4 Å². The summed E-state index contributed by atoms with van der Waals surface area (Å²) in [6.07, 6.45) is 3.65. The van der Waals surface area contributed by atoms with Crippen molar-refractivity contribution >= 4 is 87.4 Å². The summed E-state index contributed by atoms with van der Waals surface area (Å²) < 4.78 is -3.77. The molecule has 0 aliphatic rings. The van der Waals surface area contributed by atoms with E-state index >= 15 is 0 Å².